The van der Waals surface area contributed by atoms with Gasteiger partial charge in [0.1, 0.15) is 5.65 Å². The molecule has 4 rings (SSSR count). The zero-order valence-electron chi connectivity index (χ0n) is 10.8. The van der Waals surface area contributed by atoms with E-state index in [1.807, 2.05) is 30.3 Å². The Bertz CT molecular complexity index is 953. The third-order valence-corrected chi connectivity index (χ3v) is 4.85. The standard InChI is InChI=1S/C16H9ClN2OS/c17-11-5-6-18-16-14(11)10(8-19-16)15(20)13-7-9-3-1-2-4-12(9)21-13/h1-8H,(H,18,19). The van der Waals surface area contributed by atoms with Crippen LogP contribution < -0.4 is 0 Å². The summed E-state index contributed by atoms with van der Waals surface area (Å²) in [5.41, 5.74) is 1.20. The van der Waals surface area contributed by atoms with Gasteiger partial charge in [-0.2, -0.15) is 0 Å². The van der Waals surface area contributed by atoms with Gasteiger partial charge in [0.25, 0.3) is 0 Å². The van der Waals surface area contributed by atoms with Gasteiger partial charge in [-0.15, -0.1) is 11.3 Å². The topological polar surface area (TPSA) is 45.8 Å². The van der Waals surface area contributed by atoms with Crippen molar-refractivity contribution in [2.45, 2.75) is 0 Å². The summed E-state index contributed by atoms with van der Waals surface area (Å²) in [7, 11) is 0. The van der Waals surface area contributed by atoms with Crippen LogP contribution in [0.25, 0.3) is 21.1 Å². The van der Waals surface area contributed by atoms with Crippen LogP contribution in [0, 0.1) is 0 Å². The van der Waals surface area contributed by atoms with Crippen LogP contribution in [0.2, 0.25) is 5.02 Å². The molecule has 4 aromatic rings. The first kappa shape index (κ1) is 12.6. The first-order chi connectivity index (χ1) is 10.2. The van der Waals surface area contributed by atoms with Crippen molar-refractivity contribution in [1.82, 2.24) is 9.97 Å². The second kappa shape index (κ2) is 4.69. The molecule has 0 atom stereocenters. The van der Waals surface area contributed by atoms with Gasteiger partial charge in [-0.3, -0.25) is 4.79 Å². The molecule has 3 nitrogen and oxygen atoms in total. The molecule has 0 aliphatic heterocycles. The quantitative estimate of drug-likeness (QED) is 0.547. The Morgan fingerprint density at radius 3 is 2.95 bits per heavy atom. The van der Waals surface area contributed by atoms with Gasteiger partial charge in [-0.25, -0.2) is 4.98 Å². The lowest BCUT2D eigenvalue weighted by Gasteiger charge is -1.97. The van der Waals surface area contributed by atoms with E-state index >= 15 is 0 Å². The number of pyridine rings is 1. The van der Waals surface area contributed by atoms with Crippen LogP contribution in [0.3, 0.4) is 0 Å². The van der Waals surface area contributed by atoms with Crippen LogP contribution in [0.1, 0.15) is 15.2 Å². The summed E-state index contributed by atoms with van der Waals surface area (Å²) in [5, 5.41) is 2.29. The van der Waals surface area contributed by atoms with Crippen molar-refractivity contribution < 1.29 is 4.79 Å². The van der Waals surface area contributed by atoms with Gasteiger partial charge in [-0.1, -0.05) is 29.8 Å². The molecule has 0 radical (unpaired) electrons. The highest BCUT2D eigenvalue weighted by molar-refractivity contribution is 7.21. The Morgan fingerprint density at radius 2 is 2.10 bits per heavy atom. The molecule has 0 saturated carbocycles. The summed E-state index contributed by atoms with van der Waals surface area (Å²) in [6.07, 6.45) is 3.30. The summed E-state index contributed by atoms with van der Waals surface area (Å²) < 4.78 is 1.10. The first-order valence-corrected chi connectivity index (χ1v) is 7.58. The number of nitrogens with zero attached hydrogens (tertiary/aromatic N) is 1. The van der Waals surface area contributed by atoms with E-state index in [2.05, 4.69) is 9.97 Å². The van der Waals surface area contributed by atoms with Crippen molar-refractivity contribution >= 4 is 49.8 Å². The fourth-order valence-corrected chi connectivity index (χ4v) is 3.69. The lowest BCUT2D eigenvalue weighted by molar-refractivity contribution is 0.104. The Morgan fingerprint density at radius 1 is 1.24 bits per heavy atom. The number of halogens is 1. The fourth-order valence-electron chi connectivity index (χ4n) is 2.42. The molecule has 0 saturated heterocycles. The van der Waals surface area contributed by atoms with E-state index in [-0.39, 0.29) is 5.78 Å². The van der Waals surface area contributed by atoms with Gasteiger partial charge in [0.05, 0.1) is 15.5 Å². The molecule has 0 fully saturated rings. The minimum atomic E-state index is -0.0302. The SMILES string of the molecule is O=C(c1cc2ccccc2s1)c1c[nH]c2nccc(Cl)c12. The van der Waals surface area contributed by atoms with E-state index in [9.17, 15) is 4.79 Å². The number of carbonyl (C=O) groups excluding carboxylic acids is 1. The lowest BCUT2D eigenvalue weighted by Crippen LogP contribution is -1.97. The van der Waals surface area contributed by atoms with Crippen molar-refractivity contribution in [1.29, 1.82) is 0 Å². The number of hydrogen-bond donors (Lipinski definition) is 1. The molecule has 0 aliphatic rings. The average Bonchev–Trinajstić information content (AvgIpc) is 3.11. The maximum atomic E-state index is 12.7. The second-order valence-electron chi connectivity index (χ2n) is 4.70. The maximum absolute atomic E-state index is 12.7. The van der Waals surface area contributed by atoms with Crippen LogP contribution >= 0.6 is 22.9 Å². The normalized spacial score (nSPS) is 11.3. The molecule has 0 unspecified atom stereocenters. The third-order valence-electron chi connectivity index (χ3n) is 3.42. The highest BCUT2D eigenvalue weighted by Gasteiger charge is 2.18. The Kier molecular flexibility index (Phi) is 2.80. The van der Waals surface area contributed by atoms with Crippen molar-refractivity contribution in [2.24, 2.45) is 0 Å². The molecule has 1 N–H and O–H groups in total. The largest absolute Gasteiger partial charge is 0.345 e. The lowest BCUT2D eigenvalue weighted by atomic mass is 10.1. The van der Waals surface area contributed by atoms with Crippen LogP contribution in [0.5, 0.6) is 0 Å². The van der Waals surface area contributed by atoms with E-state index in [0.29, 0.717) is 26.5 Å². The minimum absolute atomic E-state index is 0.0302. The van der Waals surface area contributed by atoms with E-state index in [4.69, 9.17) is 11.6 Å². The van der Waals surface area contributed by atoms with Crippen LogP contribution in [0.15, 0.2) is 48.8 Å². The van der Waals surface area contributed by atoms with Gasteiger partial charge in [0.15, 0.2) is 0 Å². The molecule has 0 bridgehead atoms. The highest BCUT2D eigenvalue weighted by atomic mass is 35.5. The van der Waals surface area contributed by atoms with Gasteiger partial charge in [-0.05, 0) is 23.6 Å². The summed E-state index contributed by atoms with van der Waals surface area (Å²) in [6.45, 7) is 0. The Balaban J connectivity index is 1.90. The number of H-pyrrole nitrogens is 1. The molecular weight excluding hydrogens is 304 g/mol. The molecule has 3 aromatic heterocycles. The average molecular weight is 313 g/mol. The van der Waals surface area contributed by atoms with Crippen molar-refractivity contribution in [3.63, 3.8) is 0 Å². The number of ketones is 1. The van der Waals surface area contributed by atoms with Crippen molar-refractivity contribution in [3.05, 3.63) is 64.3 Å². The van der Waals surface area contributed by atoms with E-state index in [0.717, 1.165) is 10.1 Å². The zero-order valence-corrected chi connectivity index (χ0v) is 12.3. The molecule has 102 valence electrons. The summed E-state index contributed by atoms with van der Waals surface area (Å²) >= 11 is 7.70. The molecule has 0 spiro atoms. The van der Waals surface area contributed by atoms with Gasteiger partial charge < -0.3 is 4.98 Å². The second-order valence-corrected chi connectivity index (χ2v) is 6.19. The third kappa shape index (κ3) is 1.95. The van der Waals surface area contributed by atoms with Gasteiger partial charge >= 0.3 is 0 Å². The molecule has 0 amide bonds. The number of benzene rings is 1. The fraction of sp³-hybridized carbons (Fsp3) is 0. The molecule has 21 heavy (non-hydrogen) atoms. The van der Waals surface area contributed by atoms with Crippen molar-refractivity contribution in [2.75, 3.05) is 0 Å². The van der Waals surface area contributed by atoms with Gasteiger partial charge in [0.2, 0.25) is 5.78 Å². The summed E-state index contributed by atoms with van der Waals surface area (Å²) in [4.78, 5) is 20.6. The van der Waals surface area contributed by atoms with E-state index in [1.54, 1.807) is 18.5 Å². The van der Waals surface area contributed by atoms with Crippen LogP contribution in [-0.2, 0) is 0 Å². The Hall–Kier alpha value is -2.17. The number of rotatable bonds is 2. The van der Waals surface area contributed by atoms with Crippen LogP contribution in [-0.4, -0.2) is 15.8 Å². The Labute approximate surface area is 129 Å². The molecule has 0 aliphatic carbocycles. The minimum Gasteiger partial charge on any atom is -0.345 e. The van der Waals surface area contributed by atoms with Crippen LogP contribution in [0.4, 0.5) is 0 Å². The highest BCUT2D eigenvalue weighted by Crippen LogP contribution is 2.31. The summed E-state index contributed by atoms with van der Waals surface area (Å²) in [5.74, 6) is -0.0302. The summed E-state index contributed by atoms with van der Waals surface area (Å²) in [6, 6.07) is 11.6. The monoisotopic (exact) mass is 312 g/mol. The smallest absolute Gasteiger partial charge is 0.205 e. The van der Waals surface area contributed by atoms with E-state index in [1.165, 1.54) is 11.3 Å². The molecule has 1 aromatic carbocycles. The number of aromatic nitrogens is 2. The first-order valence-electron chi connectivity index (χ1n) is 6.39. The van der Waals surface area contributed by atoms with Gasteiger partial charge in [0, 0.05) is 22.5 Å². The zero-order chi connectivity index (χ0) is 14.4. The number of fused-ring (bicyclic) bond motifs is 2. The number of carbonyl (C=O) groups is 1. The number of aromatic amines is 1. The molecule has 3 heterocycles. The number of hydrogen-bond acceptors (Lipinski definition) is 3. The predicted octanol–water partition coefficient (Wildman–Crippen LogP) is 4.66. The van der Waals surface area contributed by atoms with E-state index < -0.39 is 0 Å². The predicted molar refractivity (Wildman–Crippen MR) is 86.4 cm³/mol. The number of thiophene rings is 1. The maximum Gasteiger partial charge on any atom is 0.205 e. The molecular formula is C16H9ClN2OS. The molecule has 5 heteroatoms. The number of nitrogens with one attached hydrogen (secondary N) is 1. The van der Waals surface area contributed by atoms with Crippen molar-refractivity contribution in [3.8, 4) is 0 Å².